The summed E-state index contributed by atoms with van der Waals surface area (Å²) in [4.78, 5) is 37.2. The summed E-state index contributed by atoms with van der Waals surface area (Å²) in [5.74, 6) is -0.387. The fourth-order valence-corrected chi connectivity index (χ4v) is 9.25. The van der Waals surface area contributed by atoms with Crippen molar-refractivity contribution in [3.63, 3.8) is 0 Å². The van der Waals surface area contributed by atoms with E-state index in [0.717, 1.165) is 37.7 Å². The standard InChI is InChI=1S/C25H32O7/c1-14(26)31-16-3-9-24-18-4-7-22(2)17(15-11-20(27)30-13-15)6-10-25(22,32-21(24)28)19(18)5-8-23(24,29)12-16/h11,16-19,29H,3-10,12-13H2,1-2H3/t16-,17+,18-,19+,22+,23-,24-,25-/m0/s1. The summed E-state index contributed by atoms with van der Waals surface area (Å²) in [5, 5.41) is 11.9. The van der Waals surface area contributed by atoms with Crippen LogP contribution >= 0.6 is 0 Å². The monoisotopic (exact) mass is 444 g/mol. The van der Waals surface area contributed by atoms with Crippen molar-refractivity contribution in [1.29, 1.82) is 0 Å². The highest BCUT2D eigenvalue weighted by Gasteiger charge is 2.79. The smallest absolute Gasteiger partial charge is 0.331 e. The van der Waals surface area contributed by atoms with Gasteiger partial charge in [-0.1, -0.05) is 6.92 Å². The van der Waals surface area contributed by atoms with Gasteiger partial charge in [-0.3, -0.25) is 9.59 Å². The second kappa shape index (κ2) is 6.37. The van der Waals surface area contributed by atoms with Crippen LogP contribution in [0.25, 0.3) is 0 Å². The largest absolute Gasteiger partial charge is 0.462 e. The van der Waals surface area contributed by atoms with Crippen molar-refractivity contribution in [3.05, 3.63) is 11.6 Å². The SMILES string of the molecule is CC(=O)O[C@H]1CC[C@@]23C(=O)O[C@]45CC[C@H](C6=CC(=O)OC6)[C@@]4(C)CC[C@H]2[C@H]5CC[C@]3(O)C1. The lowest BCUT2D eigenvalue weighted by Gasteiger charge is -2.70. The lowest BCUT2D eigenvalue weighted by molar-refractivity contribution is -0.309. The second-order valence-electron chi connectivity index (χ2n) is 11.4. The Labute approximate surface area is 187 Å². The Hall–Kier alpha value is -1.89. The minimum Gasteiger partial charge on any atom is -0.462 e. The molecule has 6 rings (SSSR count). The third-order valence-corrected chi connectivity index (χ3v) is 10.5. The lowest BCUT2D eigenvalue weighted by atomic mass is 9.39. The number of aliphatic hydroxyl groups is 1. The molecule has 32 heavy (non-hydrogen) atoms. The highest BCUT2D eigenvalue weighted by atomic mass is 16.6. The van der Waals surface area contributed by atoms with Crippen molar-refractivity contribution in [3.8, 4) is 0 Å². The van der Waals surface area contributed by atoms with Crippen molar-refractivity contribution < 1.29 is 33.7 Å². The van der Waals surface area contributed by atoms with Gasteiger partial charge in [-0.25, -0.2) is 4.79 Å². The van der Waals surface area contributed by atoms with Crippen LogP contribution in [0, 0.1) is 28.6 Å². The van der Waals surface area contributed by atoms with Crippen molar-refractivity contribution in [2.45, 2.75) is 88.9 Å². The van der Waals surface area contributed by atoms with Crippen LogP contribution in [0.15, 0.2) is 11.6 Å². The van der Waals surface area contributed by atoms with E-state index in [0.29, 0.717) is 32.3 Å². The Morgan fingerprint density at radius 3 is 2.59 bits per heavy atom. The molecule has 6 aliphatic rings. The van der Waals surface area contributed by atoms with E-state index in [1.54, 1.807) is 6.08 Å². The van der Waals surface area contributed by atoms with E-state index < -0.39 is 16.6 Å². The zero-order chi connectivity index (χ0) is 22.5. The van der Waals surface area contributed by atoms with Crippen molar-refractivity contribution in [1.82, 2.24) is 0 Å². The highest BCUT2D eigenvalue weighted by molar-refractivity contribution is 5.85. The lowest BCUT2D eigenvalue weighted by Crippen LogP contribution is -2.76. The van der Waals surface area contributed by atoms with E-state index in [1.807, 2.05) is 0 Å². The van der Waals surface area contributed by atoms with Crippen molar-refractivity contribution in [2.75, 3.05) is 6.61 Å². The zero-order valence-corrected chi connectivity index (χ0v) is 18.9. The number of carbonyl (C=O) groups is 3. The van der Waals surface area contributed by atoms with E-state index in [9.17, 15) is 19.5 Å². The highest BCUT2D eigenvalue weighted by Crippen LogP contribution is 2.75. The molecule has 2 spiro atoms. The summed E-state index contributed by atoms with van der Waals surface area (Å²) >= 11 is 0. The third-order valence-electron chi connectivity index (χ3n) is 10.5. The van der Waals surface area contributed by atoms with Crippen molar-refractivity contribution in [2.24, 2.45) is 28.6 Å². The molecule has 8 atom stereocenters. The van der Waals surface area contributed by atoms with Gasteiger partial charge < -0.3 is 19.3 Å². The average Bonchev–Trinajstić information content (AvgIpc) is 3.26. The Kier molecular flexibility index (Phi) is 4.12. The molecule has 2 aliphatic heterocycles. The van der Waals surface area contributed by atoms with Crippen LogP contribution in [0.3, 0.4) is 0 Å². The summed E-state index contributed by atoms with van der Waals surface area (Å²) in [6.07, 6.45) is 7.50. The minimum absolute atomic E-state index is 0.0862. The van der Waals surface area contributed by atoms with Crippen LogP contribution in [0.4, 0.5) is 0 Å². The Bertz CT molecular complexity index is 941. The number of hydrogen-bond donors (Lipinski definition) is 1. The molecule has 4 saturated carbocycles. The molecule has 174 valence electrons. The van der Waals surface area contributed by atoms with Gasteiger partial charge in [0.25, 0.3) is 0 Å². The molecule has 1 N–H and O–H groups in total. The predicted octanol–water partition coefficient (Wildman–Crippen LogP) is 2.83. The molecule has 0 unspecified atom stereocenters. The minimum atomic E-state index is -1.19. The number of cyclic esters (lactones) is 1. The molecule has 4 aliphatic carbocycles. The number of esters is 3. The van der Waals surface area contributed by atoms with E-state index in [1.165, 1.54) is 6.92 Å². The quantitative estimate of drug-likeness (QED) is 0.516. The molecule has 7 nitrogen and oxygen atoms in total. The van der Waals surface area contributed by atoms with Crippen molar-refractivity contribution >= 4 is 17.9 Å². The van der Waals surface area contributed by atoms with E-state index in [4.69, 9.17) is 14.2 Å². The summed E-state index contributed by atoms with van der Waals surface area (Å²) in [5.41, 5.74) is -1.81. The normalized spacial score (nSPS) is 51.2. The number of rotatable bonds is 2. The van der Waals surface area contributed by atoms with Crippen LogP contribution in [0.5, 0.6) is 0 Å². The molecule has 0 aromatic rings. The Morgan fingerprint density at radius 2 is 1.88 bits per heavy atom. The van der Waals surface area contributed by atoms with Gasteiger partial charge in [-0.2, -0.15) is 0 Å². The molecule has 0 amide bonds. The fourth-order valence-electron chi connectivity index (χ4n) is 9.25. The van der Waals surface area contributed by atoms with Gasteiger partial charge in [0.2, 0.25) is 0 Å². The first-order chi connectivity index (χ1) is 15.2. The average molecular weight is 445 g/mol. The second-order valence-corrected chi connectivity index (χ2v) is 11.4. The van der Waals surface area contributed by atoms with Gasteiger partial charge in [0.05, 0.1) is 5.60 Å². The molecule has 1 saturated heterocycles. The third kappa shape index (κ3) is 2.28. The predicted molar refractivity (Wildman–Crippen MR) is 111 cm³/mol. The van der Waals surface area contributed by atoms with Gasteiger partial charge in [0.1, 0.15) is 23.7 Å². The molecule has 0 radical (unpaired) electrons. The van der Waals surface area contributed by atoms with Crippen LogP contribution in [-0.4, -0.2) is 46.9 Å². The zero-order valence-electron chi connectivity index (χ0n) is 18.9. The van der Waals surface area contributed by atoms with Crippen LogP contribution in [0.1, 0.15) is 71.6 Å². The molecule has 7 heteroatoms. The fraction of sp³-hybridized carbons (Fsp3) is 0.800. The maximum absolute atomic E-state index is 13.9. The maximum atomic E-state index is 13.9. The maximum Gasteiger partial charge on any atom is 0.331 e. The first-order valence-corrected chi connectivity index (χ1v) is 12.2. The number of carbonyl (C=O) groups excluding carboxylic acids is 3. The Morgan fingerprint density at radius 1 is 1.09 bits per heavy atom. The molecule has 0 aromatic carbocycles. The van der Waals surface area contributed by atoms with Gasteiger partial charge in [-0.05, 0) is 68.8 Å². The molecule has 0 aromatic heterocycles. The molecular formula is C25H32O7. The van der Waals surface area contributed by atoms with Gasteiger partial charge in [0, 0.05) is 30.8 Å². The molecule has 2 heterocycles. The van der Waals surface area contributed by atoms with Gasteiger partial charge in [0.15, 0.2) is 0 Å². The number of ether oxygens (including phenoxy) is 3. The van der Waals surface area contributed by atoms with E-state index in [2.05, 4.69) is 6.92 Å². The summed E-state index contributed by atoms with van der Waals surface area (Å²) in [6.45, 7) is 3.98. The van der Waals surface area contributed by atoms with Crippen LogP contribution in [0.2, 0.25) is 0 Å². The summed E-state index contributed by atoms with van der Waals surface area (Å²) < 4.78 is 17.2. The first kappa shape index (κ1) is 20.7. The van der Waals surface area contributed by atoms with E-state index >= 15 is 0 Å². The summed E-state index contributed by atoms with van der Waals surface area (Å²) in [6, 6.07) is 0. The van der Waals surface area contributed by atoms with Crippen LogP contribution < -0.4 is 0 Å². The van der Waals surface area contributed by atoms with Gasteiger partial charge in [-0.15, -0.1) is 0 Å². The molecular weight excluding hydrogens is 412 g/mol. The van der Waals surface area contributed by atoms with E-state index in [-0.39, 0.29) is 47.2 Å². The molecule has 4 bridgehead atoms. The molecule has 5 fully saturated rings. The summed E-state index contributed by atoms with van der Waals surface area (Å²) in [7, 11) is 0. The topological polar surface area (TPSA) is 99.1 Å². The Balaban J connectivity index is 1.37. The van der Waals surface area contributed by atoms with Crippen LogP contribution in [-0.2, 0) is 28.6 Å². The van der Waals surface area contributed by atoms with Gasteiger partial charge >= 0.3 is 17.9 Å². The number of hydrogen-bond acceptors (Lipinski definition) is 7. The first-order valence-electron chi connectivity index (χ1n) is 12.2.